The van der Waals surface area contributed by atoms with Crippen LogP contribution in [0.4, 0.5) is 4.79 Å². The third-order valence-corrected chi connectivity index (χ3v) is 7.13. The number of unbranched alkanes of at least 4 members (excludes halogenated alkanes) is 1. The zero-order chi connectivity index (χ0) is 14.8. The molecular formula is C12H23N3O3S2. The minimum Gasteiger partial charge on any atom is -0.332 e. The molecular weight excluding hydrogens is 298 g/mol. The molecule has 0 spiro atoms. The summed E-state index contributed by atoms with van der Waals surface area (Å²) in [6.45, 7) is 3.84. The van der Waals surface area contributed by atoms with Gasteiger partial charge < -0.3 is 10.6 Å². The van der Waals surface area contributed by atoms with E-state index in [2.05, 4.69) is 15.4 Å². The van der Waals surface area contributed by atoms with Crippen molar-refractivity contribution in [2.45, 2.75) is 55.7 Å². The summed E-state index contributed by atoms with van der Waals surface area (Å²) in [5, 5.41) is 5.94. The quantitative estimate of drug-likeness (QED) is 0.475. The molecule has 0 aromatic rings. The van der Waals surface area contributed by atoms with Crippen molar-refractivity contribution in [3.05, 3.63) is 0 Å². The van der Waals surface area contributed by atoms with Crippen molar-refractivity contribution in [3.8, 4) is 0 Å². The summed E-state index contributed by atoms with van der Waals surface area (Å²) in [6.07, 6.45) is 2.82. The summed E-state index contributed by atoms with van der Waals surface area (Å²) < 4.78 is 25.7. The highest BCUT2D eigenvalue weighted by atomic mass is 32.2. The molecule has 0 aromatic carbocycles. The number of fused-ring (bicyclic) bond motifs is 1. The van der Waals surface area contributed by atoms with Gasteiger partial charge in [0, 0.05) is 17.5 Å². The topological polar surface area (TPSA) is 87.3 Å². The first kappa shape index (κ1) is 15.9. The molecule has 116 valence electrons. The summed E-state index contributed by atoms with van der Waals surface area (Å²) in [7, 11) is -3.14. The maximum Gasteiger partial charge on any atom is 0.315 e. The normalized spacial score (nSPS) is 29.4. The van der Waals surface area contributed by atoms with E-state index < -0.39 is 10.0 Å². The van der Waals surface area contributed by atoms with E-state index in [4.69, 9.17) is 0 Å². The molecule has 2 rings (SSSR count). The molecule has 3 atom stereocenters. The number of thioether (sulfide) groups is 1. The van der Waals surface area contributed by atoms with Gasteiger partial charge in [-0.25, -0.2) is 17.9 Å². The number of hydrogen-bond donors (Lipinski definition) is 3. The maximum absolute atomic E-state index is 11.6. The molecule has 2 amide bonds. The van der Waals surface area contributed by atoms with E-state index >= 15 is 0 Å². The van der Waals surface area contributed by atoms with Crippen LogP contribution in [0.5, 0.6) is 0 Å². The first-order valence-electron chi connectivity index (χ1n) is 7.07. The van der Waals surface area contributed by atoms with Gasteiger partial charge in [-0.05, 0) is 26.7 Å². The maximum atomic E-state index is 11.6. The number of urea groups is 1. The molecule has 2 heterocycles. The van der Waals surface area contributed by atoms with Gasteiger partial charge in [0.05, 0.1) is 17.3 Å². The Hall–Kier alpha value is -0.470. The predicted octanol–water partition coefficient (Wildman–Crippen LogP) is 0.650. The Morgan fingerprint density at radius 3 is 2.80 bits per heavy atom. The first-order chi connectivity index (χ1) is 9.40. The lowest BCUT2D eigenvalue weighted by atomic mass is 10.0. The van der Waals surface area contributed by atoms with Crippen LogP contribution in [0.3, 0.4) is 0 Å². The molecule has 20 heavy (non-hydrogen) atoms. The van der Waals surface area contributed by atoms with Crippen LogP contribution < -0.4 is 15.4 Å². The van der Waals surface area contributed by atoms with Crippen molar-refractivity contribution in [2.75, 3.05) is 12.3 Å². The zero-order valence-electron chi connectivity index (χ0n) is 11.9. The third kappa shape index (κ3) is 3.79. The number of sulfonamides is 1. The minimum absolute atomic E-state index is 0.0602. The van der Waals surface area contributed by atoms with E-state index in [1.54, 1.807) is 13.8 Å². The van der Waals surface area contributed by atoms with Gasteiger partial charge in [-0.1, -0.05) is 6.42 Å². The summed E-state index contributed by atoms with van der Waals surface area (Å²) in [4.78, 5) is 11.2. The van der Waals surface area contributed by atoms with Gasteiger partial charge >= 0.3 is 6.03 Å². The number of hydrogen-bond acceptors (Lipinski definition) is 4. The van der Waals surface area contributed by atoms with Gasteiger partial charge in [-0.3, -0.25) is 0 Å². The Kier molecular flexibility index (Phi) is 5.19. The van der Waals surface area contributed by atoms with Crippen LogP contribution in [-0.4, -0.2) is 49.3 Å². The number of amides is 2. The number of carbonyl (C=O) groups excluding carboxylic acids is 1. The minimum atomic E-state index is -3.14. The Morgan fingerprint density at radius 2 is 2.10 bits per heavy atom. The van der Waals surface area contributed by atoms with Gasteiger partial charge in [-0.2, -0.15) is 11.8 Å². The molecule has 0 saturated carbocycles. The molecule has 0 aromatic heterocycles. The molecule has 2 fully saturated rings. The smallest absolute Gasteiger partial charge is 0.315 e. The highest BCUT2D eigenvalue weighted by Crippen LogP contribution is 2.32. The molecule has 0 unspecified atom stereocenters. The Labute approximate surface area is 124 Å². The second-order valence-corrected chi connectivity index (χ2v) is 9.20. The van der Waals surface area contributed by atoms with Crippen LogP contribution >= 0.6 is 11.8 Å². The molecule has 0 radical (unpaired) electrons. The molecule has 8 heteroatoms. The van der Waals surface area contributed by atoms with Gasteiger partial charge in [0.2, 0.25) is 10.0 Å². The zero-order valence-corrected chi connectivity index (χ0v) is 13.5. The van der Waals surface area contributed by atoms with Crippen LogP contribution in [0.1, 0.15) is 33.1 Å². The van der Waals surface area contributed by atoms with Crippen molar-refractivity contribution < 1.29 is 13.2 Å². The summed E-state index contributed by atoms with van der Waals surface area (Å²) in [6, 6.07) is 0.437. The second kappa shape index (κ2) is 6.53. The Bertz CT molecular complexity index is 453. The SMILES string of the molecule is CC(C)S(=O)(=O)NCCCC[C@@H]1SC[C@@H]2NC(=O)N[C@@H]21. The van der Waals surface area contributed by atoms with Crippen LogP contribution in [0, 0.1) is 0 Å². The Balaban J connectivity index is 1.64. The highest BCUT2D eigenvalue weighted by molar-refractivity contribution is 8.00. The van der Waals surface area contributed by atoms with E-state index in [9.17, 15) is 13.2 Å². The van der Waals surface area contributed by atoms with Crippen LogP contribution in [0.15, 0.2) is 0 Å². The first-order valence-corrected chi connectivity index (χ1v) is 9.67. The lowest BCUT2D eigenvalue weighted by molar-refractivity contribution is 0.247. The van der Waals surface area contributed by atoms with Crippen molar-refractivity contribution in [1.29, 1.82) is 0 Å². The second-order valence-electron chi connectivity index (χ2n) is 5.61. The number of rotatable bonds is 7. The number of nitrogens with one attached hydrogen (secondary N) is 3. The monoisotopic (exact) mass is 321 g/mol. The largest absolute Gasteiger partial charge is 0.332 e. The average molecular weight is 321 g/mol. The van der Waals surface area contributed by atoms with Crippen LogP contribution in [-0.2, 0) is 10.0 Å². The standard InChI is InChI=1S/C12H23N3O3S2/c1-8(2)20(17,18)13-6-4-3-5-10-11-9(7-19-10)14-12(16)15-11/h8-11,13H,3-7H2,1-2H3,(H2,14,15,16)/t9-,10-,11-/m0/s1. The molecule has 3 N–H and O–H groups in total. The average Bonchev–Trinajstić information content (AvgIpc) is 2.88. The molecule has 0 bridgehead atoms. The van der Waals surface area contributed by atoms with Crippen LogP contribution in [0.2, 0.25) is 0 Å². The molecule has 6 nitrogen and oxygen atoms in total. The van der Waals surface area contributed by atoms with Crippen molar-refractivity contribution >= 4 is 27.8 Å². The van der Waals surface area contributed by atoms with E-state index in [1.807, 2.05) is 11.8 Å². The molecule has 2 aliphatic heterocycles. The third-order valence-electron chi connectivity index (χ3n) is 3.78. The fraction of sp³-hybridized carbons (Fsp3) is 0.917. The van der Waals surface area contributed by atoms with Crippen molar-refractivity contribution in [1.82, 2.24) is 15.4 Å². The lowest BCUT2D eigenvalue weighted by Gasteiger charge is -2.16. The van der Waals surface area contributed by atoms with E-state index in [0.717, 1.165) is 25.0 Å². The van der Waals surface area contributed by atoms with Crippen molar-refractivity contribution in [2.24, 2.45) is 0 Å². The Morgan fingerprint density at radius 1 is 1.35 bits per heavy atom. The fourth-order valence-electron chi connectivity index (χ4n) is 2.49. The molecule has 2 saturated heterocycles. The van der Waals surface area contributed by atoms with Gasteiger partial charge in [0.1, 0.15) is 0 Å². The van der Waals surface area contributed by atoms with Crippen molar-refractivity contribution in [3.63, 3.8) is 0 Å². The highest BCUT2D eigenvalue weighted by Gasteiger charge is 2.42. The van der Waals surface area contributed by atoms with Gasteiger partial charge in [0.25, 0.3) is 0 Å². The molecule has 2 aliphatic rings. The predicted molar refractivity (Wildman–Crippen MR) is 81.4 cm³/mol. The summed E-state index contributed by atoms with van der Waals surface area (Å²) >= 11 is 1.89. The van der Waals surface area contributed by atoms with E-state index in [0.29, 0.717) is 11.8 Å². The van der Waals surface area contributed by atoms with E-state index in [1.165, 1.54) is 0 Å². The van der Waals surface area contributed by atoms with Gasteiger partial charge in [0.15, 0.2) is 0 Å². The van der Waals surface area contributed by atoms with Crippen LogP contribution in [0.25, 0.3) is 0 Å². The summed E-state index contributed by atoms with van der Waals surface area (Å²) in [5.41, 5.74) is 0. The summed E-state index contributed by atoms with van der Waals surface area (Å²) in [5.74, 6) is 0.966. The molecule has 0 aliphatic carbocycles. The van der Waals surface area contributed by atoms with E-state index in [-0.39, 0.29) is 23.4 Å². The fourth-order valence-corrected chi connectivity index (χ4v) is 4.80. The lowest BCUT2D eigenvalue weighted by Crippen LogP contribution is -2.37. The number of carbonyl (C=O) groups is 1. The van der Waals surface area contributed by atoms with Gasteiger partial charge in [-0.15, -0.1) is 0 Å².